The van der Waals surface area contributed by atoms with Crippen molar-refractivity contribution < 1.29 is 24.6 Å². The van der Waals surface area contributed by atoms with Gasteiger partial charge in [-0.05, 0) is 13.8 Å². The number of aliphatic carboxylic acids is 2. The molecule has 0 spiro atoms. The van der Waals surface area contributed by atoms with E-state index in [1.807, 2.05) is 0 Å². The number of carbonyl (C=O) groups excluding carboxylic acids is 1. The van der Waals surface area contributed by atoms with E-state index in [0.717, 1.165) is 5.69 Å². The molecular weight excluding hydrogens is 254 g/mol. The summed E-state index contributed by atoms with van der Waals surface area (Å²) < 4.78 is 0. The molecule has 1 rings (SSSR count). The molecule has 0 fully saturated rings. The molecule has 8 heteroatoms. The van der Waals surface area contributed by atoms with Crippen molar-refractivity contribution in [1.29, 1.82) is 0 Å². The Bertz CT molecular complexity index is 489. The maximum absolute atomic E-state index is 11.7. The molecule has 1 heterocycles. The van der Waals surface area contributed by atoms with Crippen molar-refractivity contribution in [3.8, 4) is 0 Å². The first-order chi connectivity index (χ1) is 8.81. The lowest BCUT2D eigenvalue weighted by atomic mass is 10.1. The van der Waals surface area contributed by atoms with Crippen LogP contribution < -0.4 is 5.32 Å². The van der Waals surface area contributed by atoms with Crippen LogP contribution in [-0.4, -0.2) is 44.3 Å². The molecule has 19 heavy (non-hydrogen) atoms. The lowest BCUT2D eigenvalue weighted by Gasteiger charge is -2.12. The van der Waals surface area contributed by atoms with E-state index in [0.29, 0.717) is 11.3 Å². The number of aromatic amines is 1. The quantitative estimate of drug-likeness (QED) is 0.556. The Morgan fingerprint density at radius 3 is 2.37 bits per heavy atom. The number of hydrogen-bond acceptors (Lipinski definition) is 4. The number of amides is 1. The van der Waals surface area contributed by atoms with Crippen molar-refractivity contribution in [2.75, 3.05) is 0 Å². The molecule has 0 aliphatic heterocycles. The number of aromatic nitrogens is 2. The molecule has 0 aromatic carbocycles. The Hall–Kier alpha value is -2.38. The van der Waals surface area contributed by atoms with Gasteiger partial charge in [0.1, 0.15) is 6.04 Å². The molecule has 8 nitrogen and oxygen atoms in total. The van der Waals surface area contributed by atoms with Crippen molar-refractivity contribution in [3.05, 3.63) is 17.0 Å². The zero-order valence-corrected chi connectivity index (χ0v) is 10.6. The number of hydrogen-bond donors (Lipinski definition) is 4. The molecule has 0 saturated carbocycles. The third-order valence-corrected chi connectivity index (χ3v) is 2.63. The third-order valence-electron chi connectivity index (χ3n) is 2.63. The van der Waals surface area contributed by atoms with Crippen LogP contribution in [0.2, 0.25) is 0 Å². The summed E-state index contributed by atoms with van der Waals surface area (Å²) in [5, 5.41) is 26.2. The van der Waals surface area contributed by atoms with Crippen LogP contribution >= 0.6 is 0 Å². The predicted molar refractivity (Wildman–Crippen MR) is 63.6 cm³/mol. The van der Waals surface area contributed by atoms with E-state index in [1.54, 1.807) is 13.8 Å². The minimum atomic E-state index is -1.43. The van der Waals surface area contributed by atoms with E-state index in [2.05, 4.69) is 15.5 Å². The Morgan fingerprint density at radius 1 is 1.32 bits per heavy atom. The van der Waals surface area contributed by atoms with Crippen LogP contribution in [0.25, 0.3) is 0 Å². The zero-order valence-electron chi connectivity index (χ0n) is 10.6. The molecule has 0 radical (unpaired) electrons. The van der Waals surface area contributed by atoms with Crippen molar-refractivity contribution >= 4 is 17.8 Å². The molecular formula is C11H15N3O5. The largest absolute Gasteiger partial charge is 0.481 e. The monoisotopic (exact) mass is 269 g/mol. The first-order valence-corrected chi connectivity index (χ1v) is 5.55. The summed E-state index contributed by atoms with van der Waals surface area (Å²) in [6.07, 6.45) is -0.706. The fourth-order valence-corrected chi connectivity index (χ4v) is 1.62. The number of aryl methyl sites for hydroxylation is 2. The lowest BCUT2D eigenvalue weighted by molar-refractivity contribution is -0.147. The van der Waals surface area contributed by atoms with Crippen LogP contribution in [0.3, 0.4) is 0 Å². The van der Waals surface area contributed by atoms with Crippen molar-refractivity contribution in [3.63, 3.8) is 0 Å². The van der Waals surface area contributed by atoms with Gasteiger partial charge in [0, 0.05) is 11.3 Å². The number of nitrogens with one attached hydrogen (secondary N) is 2. The lowest BCUT2D eigenvalue weighted by Crippen LogP contribution is -2.42. The predicted octanol–water partition coefficient (Wildman–Crippen LogP) is -0.387. The number of H-pyrrole nitrogens is 1. The second-order valence-electron chi connectivity index (χ2n) is 4.15. The van der Waals surface area contributed by atoms with Gasteiger partial charge in [-0.15, -0.1) is 0 Å². The molecule has 1 unspecified atom stereocenters. The maximum Gasteiger partial charge on any atom is 0.326 e. The highest BCUT2D eigenvalue weighted by atomic mass is 16.4. The summed E-state index contributed by atoms with van der Waals surface area (Å²) in [5.41, 5.74) is 2.05. The molecule has 0 saturated heterocycles. The van der Waals surface area contributed by atoms with Crippen molar-refractivity contribution in [2.24, 2.45) is 0 Å². The Morgan fingerprint density at radius 2 is 1.95 bits per heavy atom. The van der Waals surface area contributed by atoms with Gasteiger partial charge in [0.05, 0.1) is 18.5 Å². The highest BCUT2D eigenvalue weighted by Crippen LogP contribution is 2.10. The Labute approximate surface area is 108 Å². The third kappa shape index (κ3) is 4.09. The van der Waals surface area contributed by atoms with E-state index in [1.165, 1.54) is 0 Å². The molecule has 1 aromatic heterocycles. The fraction of sp³-hybridized carbons (Fsp3) is 0.455. The van der Waals surface area contributed by atoms with Gasteiger partial charge in [-0.1, -0.05) is 0 Å². The number of carbonyl (C=O) groups is 3. The maximum atomic E-state index is 11.7. The summed E-state index contributed by atoms with van der Waals surface area (Å²) >= 11 is 0. The summed E-state index contributed by atoms with van der Waals surface area (Å²) in [7, 11) is 0. The van der Waals surface area contributed by atoms with E-state index in [4.69, 9.17) is 10.2 Å². The van der Waals surface area contributed by atoms with Gasteiger partial charge < -0.3 is 15.5 Å². The zero-order chi connectivity index (χ0) is 14.6. The summed E-state index contributed by atoms with van der Waals surface area (Å²) in [6.45, 7) is 3.46. The number of carboxylic acids is 2. The highest BCUT2D eigenvalue weighted by molar-refractivity contribution is 5.87. The van der Waals surface area contributed by atoms with Gasteiger partial charge in [-0.25, -0.2) is 4.79 Å². The second-order valence-corrected chi connectivity index (χ2v) is 4.15. The topological polar surface area (TPSA) is 132 Å². The molecule has 104 valence electrons. The van der Waals surface area contributed by atoms with Crippen LogP contribution in [0, 0.1) is 13.8 Å². The van der Waals surface area contributed by atoms with E-state index >= 15 is 0 Å². The smallest absolute Gasteiger partial charge is 0.326 e. The fourth-order valence-electron chi connectivity index (χ4n) is 1.62. The van der Waals surface area contributed by atoms with Crippen LogP contribution in [0.5, 0.6) is 0 Å². The van der Waals surface area contributed by atoms with Crippen molar-refractivity contribution in [1.82, 2.24) is 15.5 Å². The van der Waals surface area contributed by atoms with E-state index in [-0.39, 0.29) is 6.42 Å². The van der Waals surface area contributed by atoms with Crippen LogP contribution in [0.15, 0.2) is 0 Å². The molecule has 0 aliphatic carbocycles. The van der Waals surface area contributed by atoms with Gasteiger partial charge in [0.25, 0.3) is 0 Å². The average molecular weight is 269 g/mol. The minimum absolute atomic E-state index is 0.0441. The molecule has 1 aromatic rings. The van der Waals surface area contributed by atoms with Crippen LogP contribution in [0.1, 0.15) is 23.4 Å². The summed E-state index contributed by atoms with van der Waals surface area (Å²) in [6, 6.07) is -1.43. The average Bonchev–Trinajstić information content (AvgIpc) is 2.59. The number of rotatable bonds is 6. The number of carboxylic acid groups (broad SMARTS) is 2. The first-order valence-electron chi connectivity index (χ1n) is 5.55. The van der Waals surface area contributed by atoms with Gasteiger partial charge in [0.15, 0.2) is 0 Å². The van der Waals surface area contributed by atoms with Crippen LogP contribution in [0.4, 0.5) is 0 Å². The second kappa shape index (κ2) is 5.98. The van der Waals surface area contributed by atoms with Gasteiger partial charge in [-0.2, -0.15) is 5.10 Å². The molecule has 1 amide bonds. The standard InChI is InChI=1S/C11H15N3O5/c1-5-7(6(2)14-13-5)3-9(15)12-8(11(18)19)4-10(16)17/h8H,3-4H2,1-2H3,(H,12,15)(H,13,14)(H,16,17)(H,18,19). The molecule has 4 N–H and O–H groups in total. The summed E-state index contributed by atoms with van der Waals surface area (Å²) in [4.78, 5) is 33.0. The molecule has 0 bridgehead atoms. The molecule has 0 aliphatic rings. The SMILES string of the molecule is Cc1n[nH]c(C)c1CC(=O)NC(CC(=O)O)C(=O)O. The van der Waals surface area contributed by atoms with Gasteiger partial charge >= 0.3 is 11.9 Å². The van der Waals surface area contributed by atoms with Gasteiger partial charge in [0.2, 0.25) is 5.91 Å². The minimum Gasteiger partial charge on any atom is -0.481 e. The Kier molecular flexibility index (Phi) is 4.62. The van der Waals surface area contributed by atoms with E-state index < -0.39 is 30.3 Å². The van der Waals surface area contributed by atoms with Crippen LogP contribution in [-0.2, 0) is 20.8 Å². The van der Waals surface area contributed by atoms with E-state index in [9.17, 15) is 14.4 Å². The van der Waals surface area contributed by atoms with Crippen molar-refractivity contribution in [2.45, 2.75) is 32.7 Å². The number of nitrogens with zero attached hydrogens (tertiary/aromatic N) is 1. The molecule has 1 atom stereocenters. The highest BCUT2D eigenvalue weighted by Gasteiger charge is 2.23. The van der Waals surface area contributed by atoms with Gasteiger partial charge in [-0.3, -0.25) is 14.7 Å². The first kappa shape index (κ1) is 14.7. The normalized spacial score (nSPS) is 11.9. The summed E-state index contributed by atoms with van der Waals surface area (Å²) in [5.74, 6) is -3.22. The Balaban J connectivity index is 2.68.